The number of hydrogen-bond donors (Lipinski definition) is 2. The van der Waals surface area contributed by atoms with Crippen LogP contribution in [0.5, 0.6) is 0 Å². The van der Waals surface area contributed by atoms with Crippen LogP contribution in [0, 0.1) is 0 Å². The fourth-order valence-electron chi connectivity index (χ4n) is 0.971. The third-order valence-electron chi connectivity index (χ3n) is 1.54. The van der Waals surface area contributed by atoms with Crippen molar-refractivity contribution in [2.24, 2.45) is 0 Å². The van der Waals surface area contributed by atoms with E-state index in [1.807, 2.05) is 0 Å². The Hall–Kier alpha value is -0.685. The SMILES string of the molecule is OB(O)c1cc2ncnc(Cl)c2s1. The van der Waals surface area contributed by atoms with Gasteiger partial charge in [0.05, 0.1) is 10.2 Å². The summed E-state index contributed by atoms with van der Waals surface area (Å²) in [5.41, 5.74) is 0.633. The van der Waals surface area contributed by atoms with E-state index in [-0.39, 0.29) is 0 Å². The second-order valence-corrected chi connectivity index (χ2v) is 3.84. The van der Waals surface area contributed by atoms with Gasteiger partial charge in [0.15, 0.2) is 0 Å². The van der Waals surface area contributed by atoms with E-state index in [1.165, 1.54) is 17.7 Å². The summed E-state index contributed by atoms with van der Waals surface area (Å²) in [6.07, 6.45) is 1.34. The molecule has 0 aliphatic carbocycles. The standard InChI is InChI=1S/C6H4BClN2O2S/c8-6-5-3(9-2-10-6)1-4(13-5)7(11)12/h1-2,11-12H. The fourth-order valence-corrected chi connectivity index (χ4v) is 2.09. The molecule has 0 atom stereocenters. The molecule has 0 spiro atoms. The highest BCUT2D eigenvalue weighted by molar-refractivity contribution is 7.28. The predicted molar refractivity (Wildman–Crippen MR) is 52.3 cm³/mol. The summed E-state index contributed by atoms with van der Waals surface area (Å²) in [5.74, 6) is 0. The van der Waals surface area contributed by atoms with Gasteiger partial charge in [-0.3, -0.25) is 0 Å². The summed E-state index contributed by atoms with van der Waals surface area (Å²) < 4.78 is 1.09. The second-order valence-electron chi connectivity index (χ2n) is 2.40. The average molecular weight is 214 g/mol. The predicted octanol–water partition coefficient (Wildman–Crippen LogP) is 0.0245. The summed E-state index contributed by atoms with van der Waals surface area (Å²) in [5, 5.41) is 18.1. The van der Waals surface area contributed by atoms with Crippen LogP contribution < -0.4 is 4.78 Å². The number of nitrogens with zero attached hydrogens (tertiary/aromatic N) is 2. The number of fused-ring (bicyclic) bond motifs is 1. The highest BCUT2D eigenvalue weighted by Crippen LogP contribution is 2.23. The highest BCUT2D eigenvalue weighted by Gasteiger charge is 2.16. The average Bonchev–Trinajstić information content (AvgIpc) is 2.49. The lowest BCUT2D eigenvalue weighted by Gasteiger charge is -1.88. The topological polar surface area (TPSA) is 66.2 Å². The lowest BCUT2D eigenvalue weighted by molar-refractivity contribution is 0.427. The molecule has 2 rings (SSSR count). The monoisotopic (exact) mass is 214 g/mol. The molecule has 2 N–H and O–H groups in total. The van der Waals surface area contributed by atoms with Gasteiger partial charge in [0.25, 0.3) is 0 Å². The normalized spacial score (nSPS) is 10.7. The third kappa shape index (κ3) is 1.53. The molecule has 0 radical (unpaired) electrons. The van der Waals surface area contributed by atoms with Crippen molar-refractivity contribution in [3.05, 3.63) is 17.5 Å². The molecule has 0 amide bonds. The number of rotatable bonds is 1. The van der Waals surface area contributed by atoms with Gasteiger partial charge in [-0.2, -0.15) is 0 Å². The van der Waals surface area contributed by atoms with Crippen LogP contribution in [0.15, 0.2) is 12.4 Å². The lowest BCUT2D eigenvalue weighted by Crippen LogP contribution is -2.26. The van der Waals surface area contributed by atoms with Crippen LogP contribution in [0.1, 0.15) is 0 Å². The molecule has 66 valence electrons. The van der Waals surface area contributed by atoms with Gasteiger partial charge in [0, 0.05) is 4.78 Å². The van der Waals surface area contributed by atoms with E-state index >= 15 is 0 Å². The van der Waals surface area contributed by atoms with Gasteiger partial charge in [0.2, 0.25) is 0 Å². The Morgan fingerprint density at radius 1 is 1.38 bits per heavy atom. The summed E-state index contributed by atoms with van der Waals surface area (Å²) in [6, 6.07) is 1.58. The number of aromatic nitrogens is 2. The van der Waals surface area contributed by atoms with E-state index < -0.39 is 7.12 Å². The van der Waals surface area contributed by atoms with Gasteiger partial charge in [-0.05, 0) is 6.07 Å². The van der Waals surface area contributed by atoms with E-state index in [0.717, 1.165) is 0 Å². The number of halogens is 1. The van der Waals surface area contributed by atoms with E-state index in [9.17, 15) is 0 Å². The van der Waals surface area contributed by atoms with Crippen LogP contribution in [0.3, 0.4) is 0 Å². The van der Waals surface area contributed by atoms with Crippen LogP contribution in [0.25, 0.3) is 10.2 Å². The minimum atomic E-state index is -1.48. The molecule has 7 heteroatoms. The van der Waals surface area contributed by atoms with Crippen molar-refractivity contribution in [2.75, 3.05) is 0 Å². The van der Waals surface area contributed by atoms with Crippen LogP contribution in [0.4, 0.5) is 0 Å². The van der Waals surface area contributed by atoms with Gasteiger partial charge >= 0.3 is 7.12 Å². The van der Waals surface area contributed by atoms with Gasteiger partial charge in [-0.15, -0.1) is 11.3 Å². The zero-order valence-electron chi connectivity index (χ0n) is 6.31. The molecule has 0 aromatic carbocycles. The maximum atomic E-state index is 8.89. The summed E-state index contributed by atoms with van der Waals surface area (Å²) >= 11 is 6.95. The Morgan fingerprint density at radius 2 is 2.15 bits per heavy atom. The molecule has 0 aliphatic rings. The lowest BCUT2D eigenvalue weighted by atomic mass is 9.90. The largest absolute Gasteiger partial charge is 0.499 e. The number of hydrogen-bond acceptors (Lipinski definition) is 5. The first-order valence-electron chi connectivity index (χ1n) is 3.44. The van der Waals surface area contributed by atoms with Crippen molar-refractivity contribution in [2.45, 2.75) is 0 Å². The van der Waals surface area contributed by atoms with Crippen molar-refractivity contribution in [1.82, 2.24) is 9.97 Å². The zero-order valence-corrected chi connectivity index (χ0v) is 7.88. The molecular formula is C6H4BClN2O2S. The Bertz CT molecular complexity index is 447. The Morgan fingerprint density at radius 3 is 2.77 bits per heavy atom. The molecule has 13 heavy (non-hydrogen) atoms. The molecule has 4 nitrogen and oxygen atoms in total. The first-order chi connectivity index (χ1) is 6.18. The smallest absolute Gasteiger partial charge is 0.423 e. The van der Waals surface area contributed by atoms with Crippen molar-refractivity contribution in [1.29, 1.82) is 0 Å². The molecule has 0 saturated carbocycles. The summed E-state index contributed by atoms with van der Waals surface area (Å²) in [4.78, 5) is 7.72. The molecule has 0 fully saturated rings. The van der Waals surface area contributed by atoms with Crippen molar-refractivity contribution >= 4 is 45.0 Å². The van der Waals surface area contributed by atoms with E-state index in [1.54, 1.807) is 6.07 Å². The Balaban J connectivity index is 2.68. The molecule has 0 aliphatic heterocycles. The van der Waals surface area contributed by atoms with Gasteiger partial charge < -0.3 is 10.0 Å². The van der Waals surface area contributed by atoms with Gasteiger partial charge in [-0.1, -0.05) is 11.6 Å². The molecule has 2 aromatic rings. The summed E-state index contributed by atoms with van der Waals surface area (Å²) in [6.45, 7) is 0. The van der Waals surface area contributed by atoms with E-state index in [4.69, 9.17) is 21.6 Å². The molecular weight excluding hydrogens is 210 g/mol. The highest BCUT2D eigenvalue weighted by atomic mass is 35.5. The third-order valence-corrected chi connectivity index (χ3v) is 3.11. The number of thiophene rings is 1. The summed E-state index contributed by atoms with van der Waals surface area (Å²) in [7, 11) is -1.48. The Kier molecular flexibility index (Phi) is 2.21. The fraction of sp³-hybridized carbons (Fsp3) is 0. The van der Waals surface area contributed by atoms with Crippen molar-refractivity contribution in [3.8, 4) is 0 Å². The van der Waals surface area contributed by atoms with Crippen LogP contribution in [0.2, 0.25) is 5.15 Å². The maximum Gasteiger partial charge on any atom is 0.499 e. The minimum absolute atomic E-state index is 0.335. The van der Waals surface area contributed by atoms with Gasteiger partial charge in [0.1, 0.15) is 11.5 Å². The van der Waals surface area contributed by atoms with Crippen LogP contribution in [-0.4, -0.2) is 27.1 Å². The molecule has 0 saturated heterocycles. The van der Waals surface area contributed by atoms with Crippen LogP contribution >= 0.6 is 22.9 Å². The quantitative estimate of drug-likeness (QED) is 0.519. The minimum Gasteiger partial charge on any atom is -0.423 e. The molecule has 2 aromatic heterocycles. The molecule has 0 bridgehead atoms. The maximum absolute atomic E-state index is 8.89. The molecule has 0 unspecified atom stereocenters. The first kappa shape index (κ1) is 8.89. The molecule has 2 heterocycles. The first-order valence-corrected chi connectivity index (χ1v) is 4.64. The van der Waals surface area contributed by atoms with E-state index in [2.05, 4.69) is 9.97 Å². The second kappa shape index (κ2) is 3.23. The van der Waals surface area contributed by atoms with Crippen molar-refractivity contribution < 1.29 is 10.0 Å². The Labute approximate surface area is 83.0 Å². The zero-order chi connectivity index (χ0) is 9.42. The van der Waals surface area contributed by atoms with Gasteiger partial charge in [-0.25, -0.2) is 9.97 Å². The van der Waals surface area contributed by atoms with E-state index in [0.29, 0.717) is 20.1 Å². The van der Waals surface area contributed by atoms with Crippen LogP contribution in [-0.2, 0) is 0 Å². The van der Waals surface area contributed by atoms with Crippen molar-refractivity contribution in [3.63, 3.8) is 0 Å².